The maximum atomic E-state index is 9.80. The predicted octanol–water partition coefficient (Wildman–Crippen LogP) is 2.41. The molecule has 4 nitrogen and oxygen atoms in total. The summed E-state index contributed by atoms with van der Waals surface area (Å²) >= 11 is 0. The average molecular weight is 241 g/mol. The molecule has 92 valence electrons. The quantitative estimate of drug-likeness (QED) is 0.878. The molecule has 0 bridgehead atoms. The van der Waals surface area contributed by atoms with Crippen LogP contribution in [0.1, 0.15) is 35.5 Å². The number of aryl methyl sites for hydroxylation is 2. The molecule has 1 aromatic carbocycles. The molecule has 1 aromatic heterocycles. The molecule has 1 atom stereocenters. The molecule has 0 aliphatic rings. The highest BCUT2D eigenvalue weighted by molar-refractivity contribution is 5.49. The van der Waals surface area contributed by atoms with Gasteiger partial charge < -0.3 is 5.11 Å². The number of nitriles is 1. The van der Waals surface area contributed by atoms with Gasteiger partial charge in [0.05, 0.1) is 29.1 Å². The molecule has 1 heterocycles. The van der Waals surface area contributed by atoms with E-state index in [9.17, 15) is 5.11 Å². The highest BCUT2D eigenvalue weighted by Gasteiger charge is 2.13. The molecule has 0 saturated carbocycles. The number of benzene rings is 1. The van der Waals surface area contributed by atoms with Crippen LogP contribution >= 0.6 is 0 Å². The van der Waals surface area contributed by atoms with Crippen molar-refractivity contribution in [3.8, 4) is 11.8 Å². The topological polar surface area (TPSA) is 61.8 Å². The fourth-order valence-electron chi connectivity index (χ4n) is 2.02. The summed E-state index contributed by atoms with van der Waals surface area (Å²) in [6.45, 7) is 5.57. The summed E-state index contributed by atoms with van der Waals surface area (Å²) < 4.78 is 1.76. The van der Waals surface area contributed by atoms with Crippen LogP contribution in [0.5, 0.6) is 0 Å². The number of rotatable bonds is 2. The molecule has 18 heavy (non-hydrogen) atoms. The van der Waals surface area contributed by atoms with Gasteiger partial charge in [0.15, 0.2) is 0 Å². The normalized spacial score (nSPS) is 12.2. The molecule has 0 radical (unpaired) electrons. The van der Waals surface area contributed by atoms with Crippen LogP contribution in [0.2, 0.25) is 0 Å². The summed E-state index contributed by atoms with van der Waals surface area (Å²) in [5.74, 6) is 0. The summed E-state index contributed by atoms with van der Waals surface area (Å²) in [4.78, 5) is 0. The maximum absolute atomic E-state index is 9.80. The van der Waals surface area contributed by atoms with Gasteiger partial charge in [-0.3, -0.25) is 0 Å². The van der Waals surface area contributed by atoms with Gasteiger partial charge in [-0.05, 0) is 39.0 Å². The molecule has 2 rings (SSSR count). The minimum Gasteiger partial charge on any atom is -0.389 e. The Morgan fingerprint density at radius 3 is 2.56 bits per heavy atom. The van der Waals surface area contributed by atoms with Gasteiger partial charge in [-0.2, -0.15) is 10.4 Å². The van der Waals surface area contributed by atoms with Gasteiger partial charge in [0, 0.05) is 11.3 Å². The zero-order valence-electron chi connectivity index (χ0n) is 10.7. The third-order valence-corrected chi connectivity index (χ3v) is 2.85. The van der Waals surface area contributed by atoms with Crippen molar-refractivity contribution in [1.29, 1.82) is 5.26 Å². The second-order valence-corrected chi connectivity index (χ2v) is 4.40. The first-order valence-corrected chi connectivity index (χ1v) is 5.78. The van der Waals surface area contributed by atoms with E-state index in [0.29, 0.717) is 5.56 Å². The van der Waals surface area contributed by atoms with E-state index in [1.54, 1.807) is 29.8 Å². The van der Waals surface area contributed by atoms with Crippen molar-refractivity contribution >= 4 is 0 Å². The molecule has 0 amide bonds. The molecular formula is C14H15N3O. The van der Waals surface area contributed by atoms with Gasteiger partial charge in [-0.25, -0.2) is 4.68 Å². The summed E-state index contributed by atoms with van der Waals surface area (Å²) in [5, 5.41) is 23.2. The molecule has 0 saturated heterocycles. The Balaban J connectivity index is 2.68. The van der Waals surface area contributed by atoms with Crippen LogP contribution in [0.15, 0.2) is 24.3 Å². The first kappa shape index (κ1) is 12.3. The Kier molecular flexibility index (Phi) is 3.17. The van der Waals surface area contributed by atoms with Crippen molar-refractivity contribution in [2.75, 3.05) is 0 Å². The molecule has 0 fully saturated rings. The Morgan fingerprint density at radius 2 is 2.06 bits per heavy atom. The fraction of sp³-hybridized carbons (Fsp3) is 0.286. The van der Waals surface area contributed by atoms with E-state index in [1.165, 1.54) is 0 Å². The van der Waals surface area contributed by atoms with E-state index >= 15 is 0 Å². The highest BCUT2D eigenvalue weighted by Crippen LogP contribution is 2.24. The second-order valence-electron chi connectivity index (χ2n) is 4.40. The second kappa shape index (κ2) is 4.63. The van der Waals surface area contributed by atoms with Crippen LogP contribution in [0.4, 0.5) is 0 Å². The Bertz CT molecular complexity index is 620. The first-order valence-electron chi connectivity index (χ1n) is 5.78. The van der Waals surface area contributed by atoms with Gasteiger partial charge in [-0.15, -0.1) is 0 Å². The van der Waals surface area contributed by atoms with Crippen molar-refractivity contribution in [3.63, 3.8) is 0 Å². The van der Waals surface area contributed by atoms with Gasteiger partial charge in [0.1, 0.15) is 0 Å². The molecule has 0 aliphatic carbocycles. The van der Waals surface area contributed by atoms with E-state index in [0.717, 1.165) is 22.6 Å². The van der Waals surface area contributed by atoms with Crippen molar-refractivity contribution in [3.05, 3.63) is 46.8 Å². The number of aliphatic hydroxyl groups is 1. The fourth-order valence-corrected chi connectivity index (χ4v) is 2.02. The van der Waals surface area contributed by atoms with E-state index < -0.39 is 6.10 Å². The third-order valence-electron chi connectivity index (χ3n) is 2.85. The van der Waals surface area contributed by atoms with Crippen LogP contribution < -0.4 is 0 Å². The van der Waals surface area contributed by atoms with Crippen LogP contribution in [-0.4, -0.2) is 14.9 Å². The number of hydrogen-bond donors (Lipinski definition) is 1. The molecule has 1 unspecified atom stereocenters. The summed E-state index contributed by atoms with van der Waals surface area (Å²) in [7, 11) is 0. The lowest BCUT2D eigenvalue weighted by molar-refractivity contribution is 0.199. The van der Waals surface area contributed by atoms with Crippen molar-refractivity contribution in [2.45, 2.75) is 26.9 Å². The van der Waals surface area contributed by atoms with E-state index in [2.05, 4.69) is 11.2 Å². The minimum atomic E-state index is -0.600. The van der Waals surface area contributed by atoms with Crippen LogP contribution in [-0.2, 0) is 0 Å². The number of hydrogen-bond acceptors (Lipinski definition) is 3. The SMILES string of the molecule is Cc1cc(C)n(-c2cc(C#N)ccc2C(C)O)n1. The van der Waals surface area contributed by atoms with E-state index in [1.807, 2.05) is 19.9 Å². The lowest BCUT2D eigenvalue weighted by Crippen LogP contribution is -2.06. The van der Waals surface area contributed by atoms with E-state index in [4.69, 9.17) is 5.26 Å². The molecule has 1 N–H and O–H groups in total. The highest BCUT2D eigenvalue weighted by atomic mass is 16.3. The molecular weight excluding hydrogens is 226 g/mol. The number of aliphatic hydroxyl groups excluding tert-OH is 1. The Labute approximate surface area is 106 Å². The van der Waals surface area contributed by atoms with E-state index in [-0.39, 0.29) is 0 Å². The molecule has 0 spiro atoms. The van der Waals surface area contributed by atoms with Gasteiger partial charge >= 0.3 is 0 Å². The largest absolute Gasteiger partial charge is 0.389 e. The number of nitrogens with zero attached hydrogens (tertiary/aromatic N) is 3. The Morgan fingerprint density at radius 1 is 1.33 bits per heavy atom. The van der Waals surface area contributed by atoms with Crippen LogP contribution in [0.25, 0.3) is 5.69 Å². The average Bonchev–Trinajstić information content (AvgIpc) is 2.67. The summed E-state index contributed by atoms with van der Waals surface area (Å²) in [5.41, 5.74) is 3.97. The lowest BCUT2D eigenvalue weighted by Gasteiger charge is -2.13. The predicted molar refractivity (Wildman–Crippen MR) is 68.4 cm³/mol. The molecule has 0 aliphatic heterocycles. The zero-order valence-corrected chi connectivity index (χ0v) is 10.7. The van der Waals surface area contributed by atoms with Gasteiger partial charge in [0.2, 0.25) is 0 Å². The number of aromatic nitrogens is 2. The van der Waals surface area contributed by atoms with Gasteiger partial charge in [0.25, 0.3) is 0 Å². The lowest BCUT2D eigenvalue weighted by atomic mass is 10.1. The van der Waals surface area contributed by atoms with Gasteiger partial charge in [-0.1, -0.05) is 6.07 Å². The Hall–Kier alpha value is -2.12. The van der Waals surface area contributed by atoms with Crippen molar-refractivity contribution < 1.29 is 5.11 Å². The molecule has 2 aromatic rings. The van der Waals surface area contributed by atoms with Crippen molar-refractivity contribution in [2.24, 2.45) is 0 Å². The minimum absolute atomic E-state index is 0.557. The van der Waals surface area contributed by atoms with Crippen LogP contribution in [0.3, 0.4) is 0 Å². The first-order chi connectivity index (χ1) is 8.52. The third kappa shape index (κ3) is 2.13. The smallest absolute Gasteiger partial charge is 0.0992 e. The zero-order chi connectivity index (χ0) is 13.3. The summed E-state index contributed by atoms with van der Waals surface area (Å²) in [6, 6.07) is 9.30. The monoisotopic (exact) mass is 241 g/mol. The van der Waals surface area contributed by atoms with Crippen LogP contribution in [0, 0.1) is 25.2 Å². The molecule has 4 heteroatoms. The maximum Gasteiger partial charge on any atom is 0.0992 e. The van der Waals surface area contributed by atoms with Crippen molar-refractivity contribution in [1.82, 2.24) is 9.78 Å². The summed E-state index contributed by atoms with van der Waals surface area (Å²) in [6.07, 6.45) is -0.600. The standard InChI is InChI=1S/C14H15N3O/c1-9-6-10(2)17(16-9)14-7-12(8-15)4-5-13(14)11(3)18/h4-7,11,18H,1-3H3.